The molecule has 3 rings (SSSR count). The van der Waals surface area contributed by atoms with E-state index >= 15 is 0 Å². The lowest BCUT2D eigenvalue weighted by atomic mass is 10.1. The summed E-state index contributed by atoms with van der Waals surface area (Å²) in [4.78, 5) is 16.8. The molecule has 0 atom stereocenters. The number of hydrogen-bond donors (Lipinski definition) is 0. The maximum atomic E-state index is 12.4. The van der Waals surface area contributed by atoms with Crippen LogP contribution in [-0.2, 0) is 17.9 Å². The lowest BCUT2D eigenvalue weighted by molar-refractivity contribution is -0.133. The zero-order chi connectivity index (χ0) is 16.9. The maximum Gasteiger partial charge on any atom is 0.224 e. The van der Waals surface area contributed by atoms with E-state index in [-0.39, 0.29) is 5.91 Å². The lowest BCUT2D eigenvalue weighted by Gasteiger charge is -2.35. The zero-order valence-corrected chi connectivity index (χ0v) is 14.6. The number of amides is 1. The van der Waals surface area contributed by atoms with Crippen LogP contribution in [0.25, 0.3) is 0 Å². The van der Waals surface area contributed by atoms with Crippen LogP contribution in [0, 0.1) is 13.8 Å². The normalized spacial score (nSPS) is 15.7. The molecule has 0 spiro atoms. The van der Waals surface area contributed by atoms with E-state index in [0.717, 1.165) is 38.3 Å². The van der Waals surface area contributed by atoms with E-state index in [1.807, 2.05) is 28.9 Å². The van der Waals surface area contributed by atoms with Gasteiger partial charge in [-0.05, 0) is 30.5 Å². The van der Waals surface area contributed by atoms with E-state index in [2.05, 4.69) is 41.2 Å². The Labute approximate surface area is 143 Å². The van der Waals surface area contributed by atoms with Crippen LogP contribution in [0.5, 0.6) is 0 Å². The number of aryl methyl sites for hydroxylation is 3. The first-order valence-corrected chi connectivity index (χ1v) is 8.65. The highest BCUT2D eigenvalue weighted by Crippen LogP contribution is 2.13. The molecule has 5 nitrogen and oxygen atoms in total. The van der Waals surface area contributed by atoms with Crippen molar-refractivity contribution in [3.05, 3.63) is 53.3 Å². The smallest absolute Gasteiger partial charge is 0.224 e. The first-order valence-electron chi connectivity index (χ1n) is 8.65. The van der Waals surface area contributed by atoms with Crippen LogP contribution in [0.2, 0.25) is 0 Å². The van der Waals surface area contributed by atoms with Crippen LogP contribution in [0.15, 0.2) is 36.7 Å². The zero-order valence-electron chi connectivity index (χ0n) is 14.6. The van der Waals surface area contributed by atoms with Gasteiger partial charge < -0.3 is 4.90 Å². The van der Waals surface area contributed by atoms with E-state index in [4.69, 9.17) is 0 Å². The molecule has 2 heterocycles. The summed E-state index contributed by atoms with van der Waals surface area (Å²) < 4.78 is 1.85. The van der Waals surface area contributed by atoms with Crippen molar-refractivity contribution in [1.29, 1.82) is 0 Å². The summed E-state index contributed by atoms with van der Waals surface area (Å²) in [6, 6.07) is 8.53. The second-order valence-electron chi connectivity index (χ2n) is 6.61. The number of benzene rings is 1. The Morgan fingerprint density at radius 1 is 1.12 bits per heavy atom. The molecule has 0 bridgehead atoms. The fourth-order valence-electron chi connectivity index (χ4n) is 3.14. The number of carbonyl (C=O) groups excluding carboxylic acids is 1. The topological polar surface area (TPSA) is 41.4 Å². The molecular formula is C19H26N4O. The Balaban J connectivity index is 1.44. The van der Waals surface area contributed by atoms with Crippen molar-refractivity contribution < 1.29 is 4.79 Å². The monoisotopic (exact) mass is 326 g/mol. The molecule has 1 aliphatic heterocycles. The van der Waals surface area contributed by atoms with Crippen LogP contribution in [-0.4, -0.2) is 51.7 Å². The van der Waals surface area contributed by atoms with Gasteiger partial charge in [0.05, 0.1) is 6.20 Å². The molecule has 0 unspecified atom stereocenters. The van der Waals surface area contributed by atoms with Gasteiger partial charge >= 0.3 is 0 Å². The second-order valence-corrected chi connectivity index (χ2v) is 6.61. The molecular weight excluding hydrogens is 300 g/mol. The molecule has 5 heteroatoms. The predicted molar refractivity (Wildman–Crippen MR) is 94.6 cm³/mol. The third-order valence-electron chi connectivity index (χ3n) is 4.70. The minimum absolute atomic E-state index is 0.235. The van der Waals surface area contributed by atoms with E-state index in [0.29, 0.717) is 13.0 Å². The molecule has 1 aromatic heterocycles. The summed E-state index contributed by atoms with van der Waals surface area (Å²) in [5.74, 6) is 0.235. The molecule has 1 aliphatic rings. The van der Waals surface area contributed by atoms with E-state index in [1.54, 1.807) is 0 Å². The highest BCUT2D eigenvalue weighted by molar-refractivity contribution is 5.76. The van der Waals surface area contributed by atoms with Gasteiger partial charge in [-0.15, -0.1) is 0 Å². The average molecular weight is 326 g/mol. The van der Waals surface area contributed by atoms with Crippen molar-refractivity contribution in [2.75, 3.05) is 26.2 Å². The van der Waals surface area contributed by atoms with Crippen molar-refractivity contribution >= 4 is 5.91 Å². The fourth-order valence-corrected chi connectivity index (χ4v) is 3.14. The Morgan fingerprint density at radius 2 is 1.88 bits per heavy atom. The summed E-state index contributed by atoms with van der Waals surface area (Å²) in [6.07, 6.45) is 4.33. The quantitative estimate of drug-likeness (QED) is 0.846. The number of rotatable bonds is 5. The SMILES string of the molecule is Cc1cnn(CCC(=O)N2CCN(Cc3ccccc3C)CC2)c1. The van der Waals surface area contributed by atoms with Crippen LogP contribution in [0.1, 0.15) is 23.1 Å². The molecule has 1 amide bonds. The van der Waals surface area contributed by atoms with Crippen LogP contribution < -0.4 is 0 Å². The van der Waals surface area contributed by atoms with E-state index < -0.39 is 0 Å². The van der Waals surface area contributed by atoms with Crippen molar-refractivity contribution in [3.63, 3.8) is 0 Å². The third-order valence-corrected chi connectivity index (χ3v) is 4.70. The van der Waals surface area contributed by atoms with Gasteiger partial charge in [-0.3, -0.25) is 14.4 Å². The summed E-state index contributed by atoms with van der Waals surface area (Å²) in [5, 5.41) is 4.24. The number of hydrogen-bond acceptors (Lipinski definition) is 3. The summed E-state index contributed by atoms with van der Waals surface area (Å²) >= 11 is 0. The number of aromatic nitrogens is 2. The van der Waals surface area contributed by atoms with Crippen LogP contribution >= 0.6 is 0 Å². The minimum Gasteiger partial charge on any atom is -0.340 e. The summed E-state index contributed by atoms with van der Waals surface area (Å²) in [7, 11) is 0. The van der Waals surface area contributed by atoms with Gasteiger partial charge in [-0.25, -0.2) is 0 Å². The number of carbonyl (C=O) groups is 1. The fraction of sp³-hybridized carbons (Fsp3) is 0.474. The number of nitrogens with zero attached hydrogens (tertiary/aromatic N) is 4. The highest BCUT2D eigenvalue weighted by atomic mass is 16.2. The minimum atomic E-state index is 0.235. The Kier molecular flexibility index (Phi) is 5.30. The standard InChI is InChI=1S/C19H26N4O/c1-16-13-20-23(14-16)8-7-19(24)22-11-9-21(10-12-22)15-18-6-4-3-5-17(18)2/h3-6,13-14H,7-12,15H2,1-2H3. The van der Waals surface area contributed by atoms with Crippen molar-refractivity contribution in [3.8, 4) is 0 Å². The van der Waals surface area contributed by atoms with Gasteiger partial charge in [0.1, 0.15) is 0 Å². The van der Waals surface area contributed by atoms with Gasteiger partial charge in [-0.2, -0.15) is 5.10 Å². The maximum absolute atomic E-state index is 12.4. The van der Waals surface area contributed by atoms with E-state index in [1.165, 1.54) is 11.1 Å². The van der Waals surface area contributed by atoms with Crippen LogP contribution in [0.3, 0.4) is 0 Å². The third kappa shape index (κ3) is 4.23. The molecule has 0 saturated carbocycles. The van der Waals surface area contributed by atoms with Crippen LogP contribution in [0.4, 0.5) is 0 Å². The predicted octanol–water partition coefficient (Wildman–Crippen LogP) is 2.23. The molecule has 0 radical (unpaired) electrons. The van der Waals surface area contributed by atoms with Gasteiger partial charge in [0.15, 0.2) is 0 Å². The molecule has 128 valence electrons. The number of piperazine rings is 1. The highest BCUT2D eigenvalue weighted by Gasteiger charge is 2.21. The van der Waals surface area contributed by atoms with Crippen molar-refractivity contribution in [2.24, 2.45) is 0 Å². The molecule has 0 aliphatic carbocycles. The molecule has 1 saturated heterocycles. The first-order chi connectivity index (χ1) is 11.6. The largest absolute Gasteiger partial charge is 0.340 e. The molecule has 2 aromatic rings. The van der Waals surface area contributed by atoms with Gasteiger partial charge in [0, 0.05) is 51.9 Å². The molecule has 1 aromatic carbocycles. The molecule has 1 fully saturated rings. The second kappa shape index (κ2) is 7.62. The summed E-state index contributed by atoms with van der Waals surface area (Å²) in [5.41, 5.74) is 3.85. The van der Waals surface area contributed by atoms with Gasteiger partial charge in [0.25, 0.3) is 0 Å². The molecule has 24 heavy (non-hydrogen) atoms. The lowest BCUT2D eigenvalue weighted by Crippen LogP contribution is -2.48. The van der Waals surface area contributed by atoms with Gasteiger partial charge in [-0.1, -0.05) is 24.3 Å². The Morgan fingerprint density at radius 3 is 2.54 bits per heavy atom. The Hall–Kier alpha value is -2.14. The van der Waals surface area contributed by atoms with Crippen molar-refractivity contribution in [2.45, 2.75) is 33.4 Å². The first kappa shape index (κ1) is 16.7. The van der Waals surface area contributed by atoms with Gasteiger partial charge in [0.2, 0.25) is 5.91 Å². The van der Waals surface area contributed by atoms with E-state index in [9.17, 15) is 4.79 Å². The Bertz CT molecular complexity index is 686. The summed E-state index contributed by atoms with van der Waals surface area (Å²) in [6.45, 7) is 9.34. The average Bonchev–Trinajstić information content (AvgIpc) is 3.01. The molecule has 0 N–H and O–H groups in total. The van der Waals surface area contributed by atoms with Crippen molar-refractivity contribution in [1.82, 2.24) is 19.6 Å².